The predicted molar refractivity (Wildman–Crippen MR) is 426 cm³/mol. The molecule has 0 saturated heterocycles. The summed E-state index contributed by atoms with van der Waals surface area (Å²) in [5.41, 5.74) is 56.2. The lowest BCUT2D eigenvalue weighted by molar-refractivity contribution is -0.136. The van der Waals surface area contributed by atoms with Crippen LogP contribution in [-0.2, 0) is 84.8 Å². The molecule has 0 radical (unpaired) electrons. The number of hydrogen-bond donors (Lipinski definition) is 22. The molecule has 0 aliphatic heterocycles. The molecular formula is C74H112N26O15. The van der Waals surface area contributed by atoms with Gasteiger partial charge in [0.25, 0.3) is 0 Å². The van der Waals surface area contributed by atoms with Gasteiger partial charge in [0.2, 0.25) is 88.6 Å². The number of fused-ring (bicyclic) bond motifs is 2. The number of primary amides is 3. The van der Waals surface area contributed by atoms with Crippen LogP contribution in [0.2, 0.25) is 0 Å². The number of carbonyl (C=O) groups excluding carboxylic acids is 15. The van der Waals surface area contributed by atoms with E-state index in [0.29, 0.717) is 52.2 Å². The number of nitrogens with one attached hydrogen (secondary N) is 14. The van der Waals surface area contributed by atoms with E-state index in [4.69, 9.17) is 57.8 Å². The molecule has 11 atom stereocenters. The second kappa shape index (κ2) is 50.6. The number of terminal acetylenes is 1. The fraction of sp³-hybridized carbons (Fsp3) is 0.541. The lowest BCUT2D eigenvalue weighted by atomic mass is 10.00. The summed E-state index contributed by atoms with van der Waals surface area (Å²) in [6.07, 6.45) is 8.63. The molecule has 0 spiro atoms. The van der Waals surface area contributed by atoms with E-state index in [1.165, 1.54) is 20.8 Å². The molecule has 0 saturated carbocycles. The number of nitrogens with two attached hydrogens (primary N) is 8. The van der Waals surface area contributed by atoms with Gasteiger partial charge in [0, 0.05) is 84.8 Å². The molecule has 2 heterocycles. The quantitative estimate of drug-likeness (QED) is 0.00379. The van der Waals surface area contributed by atoms with Crippen LogP contribution in [0.15, 0.2) is 71.0 Å². The number of hydrogen-bond acceptors (Lipinski definition) is 20. The molecule has 115 heavy (non-hydrogen) atoms. The Balaban J connectivity index is 1.58. The summed E-state index contributed by atoms with van der Waals surface area (Å²) in [4.78, 5) is 219. The molecule has 0 unspecified atom stereocenters. The third kappa shape index (κ3) is 33.8. The number of carbonyl (C=O) groups is 15. The van der Waals surface area contributed by atoms with Crippen LogP contribution in [0, 0.1) is 18.3 Å². The van der Waals surface area contributed by atoms with Gasteiger partial charge in [-0.15, -0.1) is 12.3 Å². The fourth-order valence-corrected chi connectivity index (χ4v) is 12.2. The lowest BCUT2D eigenvalue weighted by Gasteiger charge is -2.29. The number of aliphatic imine (C=N–C) groups is 1. The van der Waals surface area contributed by atoms with Gasteiger partial charge in [-0.1, -0.05) is 61.8 Å². The molecule has 0 aliphatic rings. The van der Waals surface area contributed by atoms with E-state index in [1.807, 2.05) is 0 Å². The smallest absolute Gasteiger partial charge is 0.244 e. The molecule has 41 heteroatoms. The minimum Gasteiger partial charge on any atom is -0.370 e. The molecule has 628 valence electrons. The van der Waals surface area contributed by atoms with Crippen molar-refractivity contribution in [1.82, 2.24) is 73.8 Å². The van der Waals surface area contributed by atoms with Crippen LogP contribution in [0.25, 0.3) is 32.2 Å². The highest BCUT2D eigenvalue weighted by Gasteiger charge is 2.37. The van der Waals surface area contributed by atoms with E-state index in [9.17, 15) is 71.9 Å². The number of nitrogens with zero attached hydrogens (tertiary/aromatic N) is 4. The Labute approximate surface area is 664 Å². The van der Waals surface area contributed by atoms with Crippen molar-refractivity contribution in [3.63, 3.8) is 0 Å². The first-order chi connectivity index (χ1) is 54.8. The zero-order valence-electron chi connectivity index (χ0n) is 65.0. The Kier molecular flexibility index (Phi) is 41.7. The van der Waals surface area contributed by atoms with Crippen molar-refractivity contribution in [3.8, 4) is 12.3 Å². The molecule has 0 bridgehead atoms. The van der Waals surface area contributed by atoms with E-state index in [-0.39, 0.29) is 129 Å². The van der Waals surface area contributed by atoms with E-state index < -0.39 is 180 Å². The van der Waals surface area contributed by atoms with Crippen LogP contribution < -0.4 is 110 Å². The van der Waals surface area contributed by atoms with Gasteiger partial charge in [-0.25, -0.2) is 0 Å². The largest absolute Gasteiger partial charge is 0.370 e. The van der Waals surface area contributed by atoms with Gasteiger partial charge in [0.1, 0.15) is 66.5 Å². The molecule has 2 aromatic carbocycles. The van der Waals surface area contributed by atoms with E-state index in [0.717, 1.165) is 0 Å². The highest BCUT2D eigenvalue weighted by Crippen LogP contribution is 2.22. The number of aromatic nitrogens is 2. The summed E-state index contributed by atoms with van der Waals surface area (Å²) in [6, 6.07) is -1.81. The summed E-state index contributed by atoms with van der Waals surface area (Å²) in [5, 5.41) is 35.8. The fourth-order valence-electron chi connectivity index (χ4n) is 12.2. The second-order valence-electron chi connectivity index (χ2n) is 27.8. The number of para-hydroxylation sites is 2. The van der Waals surface area contributed by atoms with Gasteiger partial charge in [-0.2, -0.15) is 0 Å². The third-order valence-electron chi connectivity index (χ3n) is 18.3. The Hall–Kier alpha value is -12.4. The number of amides is 15. The minimum absolute atomic E-state index is 0.00752. The van der Waals surface area contributed by atoms with Gasteiger partial charge in [-0.05, 0) is 138 Å². The summed E-state index contributed by atoms with van der Waals surface area (Å²) in [5.74, 6) is -12.3. The zero-order valence-corrected chi connectivity index (χ0v) is 65.0. The Morgan fingerprint density at radius 2 is 0.878 bits per heavy atom. The van der Waals surface area contributed by atoms with Gasteiger partial charge >= 0.3 is 0 Å². The monoisotopic (exact) mass is 1600 g/mol. The lowest BCUT2D eigenvalue weighted by Crippen LogP contribution is -2.61. The zero-order chi connectivity index (χ0) is 85.1. The standard InChI is InChI=1S/C74H112N26O15/c1-5-18-50(65(107)93-53(23-10-13-30-75)68(110)91-49(63(80)105)28-29-59(78)102)92-71(113)56(35-43-38-85-47-21-8-6-19-45(43)47)97-67(109)52(26-16-32-77)90-61(104)40-87-64(106)58(37-60(79)103)98-73(115)62(41(2)3)99-70(112)55(24-11-14-31-76)94-69(111)54(25-12-15-34-88-100-83)95-72(114)57(36-44-39-86-48-22-9-7-20-46(44)48)96-66(108)51(89-42(4)101)27-17-33-84-74(81)82/h1,6-9,19-22,38-39,41,49-58,62,85-86H,10-18,23-37,40,75-77H2,2-4H3,(H2,78,102)(H2,79,103)(H2,80,105)(H,87,106)(H,89,101)(H,90,104)(H,91,110)(H,92,113)(H,93,107)(H,94,111)(H,95,114)(H,96,108)(H,97,109)(H,98,115)(H,99,112)(H4,81,82,84)/t49-,50-,51-,52-,53-,54-,55-,56-,57-,58-,62-/m0/s1. The first-order valence-corrected chi connectivity index (χ1v) is 38.0. The maximum atomic E-state index is 14.8. The summed E-state index contributed by atoms with van der Waals surface area (Å²) >= 11 is 0. The third-order valence-corrected chi connectivity index (χ3v) is 18.3. The highest BCUT2D eigenvalue weighted by molar-refractivity contribution is 6.01. The molecule has 15 amide bonds. The van der Waals surface area contributed by atoms with Gasteiger partial charge in [-0.3, -0.25) is 76.9 Å². The average molecular weight is 1610 g/mol. The van der Waals surface area contributed by atoms with Crippen molar-refractivity contribution in [3.05, 3.63) is 82.5 Å². The molecule has 0 fully saturated rings. The number of rotatable bonds is 55. The number of azide groups is 1. The molecule has 30 N–H and O–H groups in total. The van der Waals surface area contributed by atoms with Crippen molar-refractivity contribution in [2.45, 2.75) is 209 Å². The van der Waals surface area contributed by atoms with Crippen LogP contribution in [0.1, 0.15) is 141 Å². The van der Waals surface area contributed by atoms with Crippen LogP contribution >= 0.6 is 0 Å². The van der Waals surface area contributed by atoms with Crippen LogP contribution in [0.5, 0.6) is 0 Å². The summed E-state index contributed by atoms with van der Waals surface area (Å²) in [6.45, 7) is 3.93. The number of unbranched alkanes of at least 4 members (excludes halogenated alkanes) is 3. The maximum Gasteiger partial charge on any atom is 0.244 e. The number of benzene rings is 2. The summed E-state index contributed by atoms with van der Waals surface area (Å²) in [7, 11) is 0. The molecule has 4 aromatic rings. The number of aromatic amines is 2. The van der Waals surface area contributed by atoms with E-state index in [1.54, 1.807) is 60.9 Å². The predicted octanol–water partition coefficient (Wildman–Crippen LogP) is -4.26. The number of H-pyrrole nitrogens is 2. The van der Waals surface area contributed by atoms with E-state index in [2.05, 4.69) is 94.7 Å². The van der Waals surface area contributed by atoms with Crippen molar-refractivity contribution >= 4 is 116 Å². The Morgan fingerprint density at radius 1 is 0.461 bits per heavy atom. The second-order valence-corrected chi connectivity index (χ2v) is 27.8. The average Bonchev–Trinajstić information content (AvgIpc) is 1.70. The molecule has 2 aromatic heterocycles. The SMILES string of the molecule is C#CC[C@H](NC(=O)[C@H](Cc1c[nH]c2ccccc12)NC(=O)[C@H](CCCN)NC(=O)CNC(=O)[C@H](CC(N)=O)NC(=O)[C@@H](NC(=O)[C@H](CCCCN)NC(=O)[C@H](CCCCN=[N+]=[N-])NC(=O)[C@H](Cc1c[nH]c2ccccc12)NC(=O)[C@H](CCCN=C(N)N)NC(C)=O)C(C)C)C(=O)N[C@@H](CCCCN)C(=O)N[C@@H](CCC(N)=O)C(N)=O. The first kappa shape index (κ1) is 95.0. The normalized spacial score (nSPS) is 13.9. The molecular weight excluding hydrogens is 1490 g/mol. The van der Waals surface area contributed by atoms with Crippen molar-refractivity contribution in [2.75, 3.05) is 39.3 Å². The van der Waals surface area contributed by atoms with Crippen LogP contribution in [0.4, 0.5) is 0 Å². The van der Waals surface area contributed by atoms with Crippen LogP contribution in [-0.4, -0.2) is 210 Å². The maximum absolute atomic E-state index is 14.8. The molecule has 0 aliphatic carbocycles. The first-order valence-electron chi connectivity index (χ1n) is 38.0. The highest BCUT2D eigenvalue weighted by atomic mass is 16.2. The minimum atomic E-state index is -1.80. The van der Waals surface area contributed by atoms with Crippen molar-refractivity contribution in [2.24, 2.45) is 61.9 Å². The Morgan fingerprint density at radius 3 is 1.33 bits per heavy atom. The van der Waals surface area contributed by atoms with E-state index >= 15 is 0 Å². The van der Waals surface area contributed by atoms with Gasteiger partial charge in [0.05, 0.1) is 13.0 Å². The Bertz CT molecular complexity index is 4110. The summed E-state index contributed by atoms with van der Waals surface area (Å²) < 4.78 is 0. The van der Waals surface area contributed by atoms with Gasteiger partial charge < -0.3 is 120 Å². The van der Waals surface area contributed by atoms with Gasteiger partial charge in [0.15, 0.2) is 5.96 Å². The topological polar surface area (TPSA) is 701 Å². The van der Waals surface area contributed by atoms with Crippen molar-refractivity contribution < 1.29 is 71.9 Å². The molecule has 41 nitrogen and oxygen atoms in total. The van der Waals surface area contributed by atoms with Crippen molar-refractivity contribution in [1.29, 1.82) is 0 Å². The van der Waals surface area contributed by atoms with Crippen LogP contribution in [0.3, 0.4) is 0 Å². The molecule has 4 rings (SSSR count). The number of guanidine groups is 1.